The number of carbonyl (C=O) groups is 1. The first kappa shape index (κ1) is 23.7. The third-order valence-corrected chi connectivity index (χ3v) is 6.61. The van der Waals surface area contributed by atoms with Gasteiger partial charge in [-0.15, -0.1) is 0 Å². The number of hydrogen-bond acceptors (Lipinski definition) is 3. The molecule has 1 N–H and O–H groups in total. The van der Waals surface area contributed by atoms with Crippen LogP contribution in [0, 0.1) is 0 Å². The SMILES string of the molecule is O=C(CC(O)c1c(Cl)ccc(-n2cccc2)c1Cl)OCc1c(Cl)ccc(-n2cccc2)c1Cl. The van der Waals surface area contributed by atoms with Crippen molar-refractivity contribution in [1.29, 1.82) is 0 Å². The molecule has 0 saturated carbocycles. The van der Waals surface area contributed by atoms with Crippen LogP contribution in [0.2, 0.25) is 20.1 Å². The van der Waals surface area contributed by atoms with Gasteiger partial charge in [0.2, 0.25) is 0 Å². The summed E-state index contributed by atoms with van der Waals surface area (Å²) in [5.41, 5.74) is 2.07. The number of aliphatic hydroxyl groups excluding tert-OH is 1. The fourth-order valence-corrected chi connectivity index (χ4v) is 4.74. The fraction of sp³-hybridized carbons (Fsp3) is 0.125. The molecule has 2 aromatic carbocycles. The van der Waals surface area contributed by atoms with Gasteiger partial charge in [-0.2, -0.15) is 0 Å². The number of rotatable bonds is 7. The molecule has 0 aliphatic carbocycles. The fourth-order valence-electron chi connectivity index (χ4n) is 3.44. The Morgan fingerprint density at radius 1 is 0.818 bits per heavy atom. The van der Waals surface area contributed by atoms with Crippen LogP contribution in [0.15, 0.2) is 73.3 Å². The van der Waals surface area contributed by atoms with Crippen LogP contribution in [0.3, 0.4) is 0 Å². The quantitative estimate of drug-likeness (QED) is 0.264. The van der Waals surface area contributed by atoms with Crippen LogP contribution in [0.25, 0.3) is 11.4 Å². The Hall–Kier alpha value is -2.41. The highest BCUT2D eigenvalue weighted by molar-refractivity contribution is 6.37. The van der Waals surface area contributed by atoms with Gasteiger partial charge in [-0.3, -0.25) is 4.79 Å². The van der Waals surface area contributed by atoms with Gasteiger partial charge in [0.25, 0.3) is 0 Å². The maximum atomic E-state index is 12.5. The number of carbonyl (C=O) groups excluding carboxylic acids is 1. The number of halogens is 4. The summed E-state index contributed by atoms with van der Waals surface area (Å²) in [5, 5.41) is 12.0. The maximum Gasteiger partial charge on any atom is 0.309 e. The topological polar surface area (TPSA) is 56.4 Å². The van der Waals surface area contributed by atoms with Crippen molar-refractivity contribution in [3.63, 3.8) is 0 Å². The van der Waals surface area contributed by atoms with Gasteiger partial charge < -0.3 is 19.0 Å². The van der Waals surface area contributed by atoms with Crippen molar-refractivity contribution in [2.45, 2.75) is 19.1 Å². The Labute approximate surface area is 210 Å². The highest BCUT2D eigenvalue weighted by Gasteiger charge is 2.23. The molecule has 2 aromatic heterocycles. The molecule has 170 valence electrons. The standard InChI is InChI=1S/C24H18Cl4N2O3/c25-16-5-7-18(29-9-1-2-10-29)23(27)15(16)14-33-21(32)13-20(31)22-17(26)6-8-19(24(22)28)30-11-3-4-12-30/h1-12,20,31H,13-14H2. The van der Waals surface area contributed by atoms with E-state index in [4.69, 9.17) is 51.1 Å². The van der Waals surface area contributed by atoms with E-state index in [1.807, 2.05) is 53.6 Å². The van der Waals surface area contributed by atoms with Gasteiger partial charge in [0, 0.05) is 46.0 Å². The van der Waals surface area contributed by atoms with E-state index >= 15 is 0 Å². The van der Waals surface area contributed by atoms with E-state index in [1.54, 1.807) is 28.8 Å². The van der Waals surface area contributed by atoms with E-state index in [1.165, 1.54) is 0 Å². The normalized spacial score (nSPS) is 12.0. The van der Waals surface area contributed by atoms with E-state index in [9.17, 15) is 9.90 Å². The summed E-state index contributed by atoms with van der Waals surface area (Å²) in [4.78, 5) is 12.5. The van der Waals surface area contributed by atoms with E-state index in [0.29, 0.717) is 27.0 Å². The van der Waals surface area contributed by atoms with Crippen molar-refractivity contribution in [2.75, 3.05) is 0 Å². The van der Waals surface area contributed by atoms with Gasteiger partial charge in [-0.25, -0.2) is 0 Å². The Morgan fingerprint density at radius 3 is 1.91 bits per heavy atom. The predicted octanol–water partition coefficient (Wildman–Crippen LogP) is 7.05. The number of benzene rings is 2. The maximum absolute atomic E-state index is 12.5. The molecule has 4 rings (SSSR count). The lowest BCUT2D eigenvalue weighted by Crippen LogP contribution is -2.12. The molecule has 1 atom stereocenters. The zero-order valence-electron chi connectivity index (χ0n) is 17.1. The molecule has 0 radical (unpaired) electrons. The Morgan fingerprint density at radius 2 is 1.33 bits per heavy atom. The lowest BCUT2D eigenvalue weighted by atomic mass is 10.1. The summed E-state index contributed by atoms with van der Waals surface area (Å²) in [6.07, 6.45) is 5.71. The largest absolute Gasteiger partial charge is 0.461 e. The predicted molar refractivity (Wildman–Crippen MR) is 131 cm³/mol. The molecule has 5 nitrogen and oxygen atoms in total. The number of esters is 1. The van der Waals surface area contributed by atoms with Gasteiger partial charge in [0.1, 0.15) is 6.61 Å². The van der Waals surface area contributed by atoms with Gasteiger partial charge >= 0.3 is 5.97 Å². The molecule has 0 bridgehead atoms. The molecule has 2 heterocycles. The van der Waals surface area contributed by atoms with Gasteiger partial charge in [-0.1, -0.05) is 46.4 Å². The zero-order valence-corrected chi connectivity index (χ0v) is 20.1. The Kier molecular flexibility index (Phi) is 7.37. The summed E-state index contributed by atoms with van der Waals surface area (Å²) >= 11 is 25.6. The first-order valence-corrected chi connectivity index (χ1v) is 11.4. The van der Waals surface area contributed by atoms with Crippen molar-refractivity contribution in [1.82, 2.24) is 9.13 Å². The van der Waals surface area contributed by atoms with Crippen LogP contribution in [0.1, 0.15) is 23.7 Å². The van der Waals surface area contributed by atoms with Crippen LogP contribution >= 0.6 is 46.4 Å². The summed E-state index contributed by atoms with van der Waals surface area (Å²) in [6.45, 7) is -0.150. The smallest absolute Gasteiger partial charge is 0.309 e. The molecule has 4 aromatic rings. The number of hydrogen-bond donors (Lipinski definition) is 1. The Bertz CT molecular complexity index is 1270. The van der Waals surface area contributed by atoms with Crippen molar-refractivity contribution in [3.05, 3.63) is 105 Å². The van der Waals surface area contributed by atoms with Crippen LogP contribution in [-0.4, -0.2) is 20.2 Å². The van der Waals surface area contributed by atoms with Crippen LogP contribution in [0.4, 0.5) is 0 Å². The van der Waals surface area contributed by atoms with Gasteiger partial charge in [-0.05, 0) is 48.5 Å². The highest BCUT2D eigenvalue weighted by Crippen LogP contribution is 2.37. The van der Waals surface area contributed by atoms with Crippen LogP contribution in [-0.2, 0) is 16.1 Å². The first-order valence-electron chi connectivity index (χ1n) is 9.92. The van der Waals surface area contributed by atoms with Crippen molar-refractivity contribution in [3.8, 4) is 11.4 Å². The van der Waals surface area contributed by atoms with Crippen LogP contribution in [0.5, 0.6) is 0 Å². The second-order valence-electron chi connectivity index (χ2n) is 7.21. The highest BCUT2D eigenvalue weighted by atomic mass is 35.5. The average Bonchev–Trinajstić information content (AvgIpc) is 3.48. The zero-order chi connectivity index (χ0) is 23.5. The first-order chi connectivity index (χ1) is 15.9. The minimum Gasteiger partial charge on any atom is -0.461 e. The molecule has 0 aliphatic heterocycles. The third kappa shape index (κ3) is 5.08. The summed E-state index contributed by atoms with van der Waals surface area (Å²) in [5.74, 6) is -0.653. The molecule has 33 heavy (non-hydrogen) atoms. The number of aliphatic hydroxyl groups is 1. The van der Waals surface area contributed by atoms with Crippen LogP contribution < -0.4 is 0 Å². The number of aromatic nitrogens is 2. The minimum atomic E-state index is -1.26. The Balaban J connectivity index is 1.48. The van der Waals surface area contributed by atoms with Gasteiger partial charge in [0.15, 0.2) is 0 Å². The van der Waals surface area contributed by atoms with Gasteiger partial charge in [0.05, 0.1) is 33.9 Å². The molecule has 0 spiro atoms. The molecular weight excluding hydrogens is 506 g/mol. The van der Waals surface area contributed by atoms with Crippen molar-refractivity contribution in [2.24, 2.45) is 0 Å². The summed E-state index contributed by atoms with van der Waals surface area (Å²) < 4.78 is 8.98. The lowest BCUT2D eigenvalue weighted by Gasteiger charge is -2.17. The summed E-state index contributed by atoms with van der Waals surface area (Å²) in [7, 11) is 0. The molecule has 0 amide bonds. The monoisotopic (exact) mass is 522 g/mol. The second-order valence-corrected chi connectivity index (χ2v) is 8.78. The number of nitrogens with zero attached hydrogens (tertiary/aromatic N) is 2. The number of ether oxygens (including phenoxy) is 1. The minimum absolute atomic E-state index is 0.150. The van der Waals surface area contributed by atoms with E-state index in [0.717, 1.165) is 0 Å². The average molecular weight is 524 g/mol. The molecule has 0 fully saturated rings. The summed E-state index contributed by atoms with van der Waals surface area (Å²) in [6, 6.07) is 14.3. The molecular formula is C24H18Cl4N2O3. The van der Waals surface area contributed by atoms with E-state index in [2.05, 4.69) is 0 Å². The molecule has 0 aliphatic rings. The molecule has 9 heteroatoms. The third-order valence-electron chi connectivity index (χ3n) is 5.11. The second kappa shape index (κ2) is 10.2. The van der Waals surface area contributed by atoms with Crippen molar-refractivity contribution < 1.29 is 14.6 Å². The molecule has 1 unspecified atom stereocenters. The molecule has 0 saturated heterocycles. The lowest BCUT2D eigenvalue weighted by molar-refractivity contribution is -0.147. The van der Waals surface area contributed by atoms with E-state index in [-0.39, 0.29) is 28.6 Å². The van der Waals surface area contributed by atoms with E-state index < -0.39 is 12.1 Å². The van der Waals surface area contributed by atoms with Crippen molar-refractivity contribution >= 4 is 52.4 Å².